The summed E-state index contributed by atoms with van der Waals surface area (Å²) in [6.07, 6.45) is 1.73. The maximum absolute atomic E-state index is 12.1. The van der Waals surface area contributed by atoms with Crippen LogP contribution in [0.1, 0.15) is 13.3 Å². The van der Waals surface area contributed by atoms with Gasteiger partial charge in [0.25, 0.3) is 5.56 Å². The van der Waals surface area contributed by atoms with Crippen LogP contribution in [0, 0.1) is 0 Å². The minimum absolute atomic E-state index is 0.0401. The Morgan fingerprint density at radius 3 is 3.15 bits per heavy atom. The van der Waals surface area contributed by atoms with Gasteiger partial charge in [-0.2, -0.15) is 0 Å². The molecule has 1 atom stereocenters. The summed E-state index contributed by atoms with van der Waals surface area (Å²) in [5, 5.41) is 5.24. The van der Waals surface area contributed by atoms with Gasteiger partial charge in [0.1, 0.15) is 4.83 Å². The highest BCUT2D eigenvalue weighted by molar-refractivity contribution is 7.16. The number of hydrogen-bond acceptors (Lipinski definition) is 5. The van der Waals surface area contributed by atoms with Crippen LogP contribution in [-0.4, -0.2) is 35.2 Å². The second-order valence-corrected chi connectivity index (χ2v) is 5.45. The summed E-state index contributed by atoms with van der Waals surface area (Å²) >= 11 is 1.43. The number of nitrogens with one attached hydrogen (secondary N) is 1. The first-order chi connectivity index (χ1) is 9.61. The average Bonchev–Trinajstić information content (AvgIpc) is 2.87. The molecule has 6 nitrogen and oxygen atoms in total. The van der Waals surface area contributed by atoms with Gasteiger partial charge in [0.15, 0.2) is 0 Å². The second kappa shape index (κ2) is 6.62. The van der Waals surface area contributed by atoms with Crippen LogP contribution >= 0.6 is 11.3 Å². The fourth-order valence-corrected chi connectivity index (χ4v) is 2.64. The van der Waals surface area contributed by atoms with E-state index in [0.29, 0.717) is 18.5 Å². The molecule has 0 unspecified atom stereocenters. The first-order valence-electron chi connectivity index (χ1n) is 6.32. The minimum Gasteiger partial charge on any atom is -0.383 e. The number of carbonyl (C=O) groups excluding carboxylic acids is 1. The van der Waals surface area contributed by atoms with Crippen molar-refractivity contribution >= 4 is 27.5 Å². The van der Waals surface area contributed by atoms with E-state index in [1.807, 2.05) is 12.3 Å². The second-order valence-electron chi connectivity index (χ2n) is 4.56. The molecule has 0 aromatic carbocycles. The first-order valence-corrected chi connectivity index (χ1v) is 7.20. The standard InChI is InChI=1S/C13H17N3O3S/c1-9(7-19-2)15-11(17)3-5-16-8-14-12-10(13(16)18)4-6-20-12/h4,6,8-9H,3,5,7H2,1-2H3,(H,15,17)/t9-/m1/s1. The van der Waals surface area contributed by atoms with Crippen molar-refractivity contribution in [3.63, 3.8) is 0 Å². The summed E-state index contributed by atoms with van der Waals surface area (Å²) in [6, 6.07) is 1.72. The Balaban J connectivity index is 1.97. The lowest BCUT2D eigenvalue weighted by atomic mass is 10.3. The number of ether oxygens (including phenoxy) is 1. The fourth-order valence-electron chi connectivity index (χ4n) is 1.91. The lowest BCUT2D eigenvalue weighted by Gasteiger charge is -2.12. The number of methoxy groups -OCH3 is 1. The van der Waals surface area contributed by atoms with Crippen LogP contribution in [0.25, 0.3) is 10.2 Å². The molecule has 1 amide bonds. The predicted octanol–water partition coefficient (Wildman–Crippen LogP) is 0.999. The number of thiophene rings is 1. The molecule has 7 heteroatoms. The van der Waals surface area contributed by atoms with Gasteiger partial charge < -0.3 is 10.1 Å². The van der Waals surface area contributed by atoms with Crippen LogP contribution in [-0.2, 0) is 16.1 Å². The van der Waals surface area contributed by atoms with E-state index in [1.165, 1.54) is 22.2 Å². The topological polar surface area (TPSA) is 73.2 Å². The number of fused-ring (bicyclic) bond motifs is 1. The van der Waals surface area contributed by atoms with E-state index in [2.05, 4.69) is 10.3 Å². The number of aryl methyl sites for hydroxylation is 1. The molecule has 0 saturated heterocycles. The number of aromatic nitrogens is 2. The Kier molecular flexibility index (Phi) is 4.86. The number of nitrogens with zero attached hydrogens (tertiary/aromatic N) is 2. The summed E-state index contributed by atoms with van der Waals surface area (Å²) in [6.45, 7) is 2.66. The number of hydrogen-bond donors (Lipinski definition) is 1. The molecule has 0 aliphatic carbocycles. The maximum Gasteiger partial charge on any atom is 0.262 e. The van der Waals surface area contributed by atoms with Crippen molar-refractivity contribution < 1.29 is 9.53 Å². The van der Waals surface area contributed by atoms with Crippen LogP contribution in [0.15, 0.2) is 22.6 Å². The van der Waals surface area contributed by atoms with Gasteiger partial charge in [-0.3, -0.25) is 14.2 Å². The molecule has 2 heterocycles. The van der Waals surface area contributed by atoms with Crippen molar-refractivity contribution in [1.82, 2.24) is 14.9 Å². The van der Waals surface area contributed by atoms with E-state index in [9.17, 15) is 9.59 Å². The highest BCUT2D eigenvalue weighted by Gasteiger charge is 2.09. The van der Waals surface area contributed by atoms with Crippen LogP contribution in [0.4, 0.5) is 0 Å². The van der Waals surface area contributed by atoms with Gasteiger partial charge in [-0.1, -0.05) is 0 Å². The fraction of sp³-hybridized carbons (Fsp3) is 0.462. The normalized spacial score (nSPS) is 12.5. The number of rotatable bonds is 6. The van der Waals surface area contributed by atoms with E-state index in [0.717, 1.165) is 4.83 Å². The van der Waals surface area contributed by atoms with Crippen LogP contribution < -0.4 is 10.9 Å². The summed E-state index contributed by atoms with van der Waals surface area (Å²) in [4.78, 5) is 28.8. The zero-order valence-electron chi connectivity index (χ0n) is 11.5. The Morgan fingerprint density at radius 1 is 1.60 bits per heavy atom. The number of carbonyl (C=O) groups is 1. The highest BCUT2D eigenvalue weighted by Crippen LogP contribution is 2.13. The Morgan fingerprint density at radius 2 is 2.40 bits per heavy atom. The van der Waals surface area contributed by atoms with Crippen LogP contribution in [0.5, 0.6) is 0 Å². The molecule has 108 valence electrons. The Hall–Kier alpha value is -1.73. The molecule has 1 N–H and O–H groups in total. The summed E-state index contributed by atoms with van der Waals surface area (Å²) < 4.78 is 6.41. The van der Waals surface area contributed by atoms with Crippen molar-refractivity contribution in [2.45, 2.75) is 25.9 Å². The SMILES string of the molecule is COC[C@@H](C)NC(=O)CCn1cnc2sccc2c1=O. The van der Waals surface area contributed by atoms with Crippen LogP contribution in [0.2, 0.25) is 0 Å². The molecule has 0 aliphatic heterocycles. The van der Waals surface area contributed by atoms with Crippen molar-refractivity contribution in [2.24, 2.45) is 0 Å². The molecule has 2 aromatic heterocycles. The van der Waals surface area contributed by atoms with E-state index in [-0.39, 0.29) is 23.9 Å². The molecular formula is C13H17N3O3S. The largest absolute Gasteiger partial charge is 0.383 e. The quantitative estimate of drug-likeness (QED) is 0.863. The number of amides is 1. The highest BCUT2D eigenvalue weighted by atomic mass is 32.1. The molecule has 0 spiro atoms. The summed E-state index contributed by atoms with van der Waals surface area (Å²) in [7, 11) is 1.59. The van der Waals surface area contributed by atoms with Gasteiger partial charge in [-0.15, -0.1) is 11.3 Å². The van der Waals surface area contributed by atoms with Crippen LogP contribution in [0.3, 0.4) is 0 Å². The molecule has 20 heavy (non-hydrogen) atoms. The van der Waals surface area contributed by atoms with Crippen molar-refractivity contribution in [2.75, 3.05) is 13.7 Å². The third-order valence-electron chi connectivity index (χ3n) is 2.85. The van der Waals surface area contributed by atoms with Gasteiger partial charge in [-0.05, 0) is 18.4 Å². The maximum atomic E-state index is 12.1. The Bertz CT molecular complexity index is 650. The molecular weight excluding hydrogens is 278 g/mol. The van der Waals surface area contributed by atoms with E-state index in [4.69, 9.17) is 4.74 Å². The zero-order valence-corrected chi connectivity index (χ0v) is 12.3. The zero-order chi connectivity index (χ0) is 14.5. The predicted molar refractivity (Wildman–Crippen MR) is 78.0 cm³/mol. The van der Waals surface area contributed by atoms with Gasteiger partial charge in [-0.25, -0.2) is 4.98 Å². The van der Waals surface area contributed by atoms with Gasteiger partial charge in [0, 0.05) is 26.1 Å². The molecule has 0 fully saturated rings. The third-order valence-corrected chi connectivity index (χ3v) is 3.68. The molecule has 0 aliphatic rings. The molecule has 0 bridgehead atoms. The van der Waals surface area contributed by atoms with Gasteiger partial charge in [0.05, 0.1) is 18.3 Å². The third kappa shape index (κ3) is 3.43. The van der Waals surface area contributed by atoms with Crippen molar-refractivity contribution in [1.29, 1.82) is 0 Å². The lowest BCUT2D eigenvalue weighted by Crippen LogP contribution is -2.36. The monoisotopic (exact) mass is 295 g/mol. The van der Waals surface area contributed by atoms with E-state index < -0.39 is 0 Å². The van der Waals surface area contributed by atoms with Gasteiger partial charge in [0.2, 0.25) is 5.91 Å². The molecule has 2 rings (SSSR count). The average molecular weight is 295 g/mol. The minimum atomic E-state index is -0.105. The smallest absolute Gasteiger partial charge is 0.262 e. The first kappa shape index (κ1) is 14.7. The van der Waals surface area contributed by atoms with Crippen molar-refractivity contribution in [3.05, 3.63) is 28.1 Å². The Labute approximate surface area is 120 Å². The molecule has 2 aromatic rings. The lowest BCUT2D eigenvalue weighted by molar-refractivity contribution is -0.122. The summed E-state index contributed by atoms with van der Waals surface area (Å²) in [5.74, 6) is -0.105. The molecule has 0 radical (unpaired) electrons. The molecule has 0 saturated carbocycles. The summed E-state index contributed by atoms with van der Waals surface area (Å²) in [5.41, 5.74) is -0.103. The van der Waals surface area contributed by atoms with Crippen molar-refractivity contribution in [3.8, 4) is 0 Å². The van der Waals surface area contributed by atoms with E-state index in [1.54, 1.807) is 13.2 Å². The van der Waals surface area contributed by atoms with Gasteiger partial charge >= 0.3 is 0 Å². The van der Waals surface area contributed by atoms with E-state index >= 15 is 0 Å².